The number of carbonyl (C=O) groups excluding carboxylic acids is 4. The molecule has 2 atom stereocenters. The van der Waals surface area contributed by atoms with Crippen LogP contribution >= 0.6 is 11.8 Å². The van der Waals surface area contributed by atoms with E-state index in [1.165, 1.54) is 6.92 Å². The van der Waals surface area contributed by atoms with Crippen LogP contribution in [0.25, 0.3) is 0 Å². The largest absolute Gasteiger partial charge is 0.477 e. The molecule has 3 amide bonds. The molecule has 1 aromatic carbocycles. The van der Waals surface area contributed by atoms with E-state index in [4.69, 9.17) is 9.47 Å². The molecule has 0 radical (unpaired) electrons. The van der Waals surface area contributed by atoms with Gasteiger partial charge in [0, 0.05) is 18.2 Å². The molecule has 3 N–H and O–H groups in total. The fourth-order valence-electron chi connectivity index (χ4n) is 3.55. The number of aliphatic carboxylic acids is 1. The number of thioether (sulfide) groups is 1. The standard InChI is InChI=1S/C21H23N3O8S/c1-3-31-20(30)23-21(22-15(26)9-13-7-5-4-6-8-13)18(29)24-16(17(27)28)14(10-32-12(2)25)11-33-19(21)24/h4-8,19H,3,9-11H2,1-2H3,(H,22,26)(H,23,30)(H,27,28)/t19-,21+/m1/s1. The van der Waals surface area contributed by atoms with Crippen molar-refractivity contribution in [1.82, 2.24) is 15.5 Å². The number of carboxylic acids is 1. The van der Waals surface area contributed by atoms with E-state index in [1.807, 2.05) is 0 Å². The number of carbonyl (C=O) groups is 5. The van der Waals surface area contributed by atoms with Crippen molar-refractivity contribution in [2.24, 2.45) is 0 Å². The zero-order chi connectivity index (χ0) is 24.2. The zero-order valence-corrected chi connectivity index (χ0v) is 18.8. The van der Waals surface area contributed by atoms with Gasteiger partial charge in [0.05, 0.1) is 13.0 Å². The Morgan fingerprint density at radius 3 is 2.48 bits per heavy atom. The summed E-state index contributed by atoms with van der Waals surface area (Å²) in [5.41, 5.74) is -1.32. The van der Waals surface area contributed by atoms with Crippen LogP contribution in [-0.2, 0) is 35.1 Å². The number of fused-ring (bicyclic) bond motifs is 1. The first kappa shape index (κ1) is 24.1. The molecule has 1 saturated heterocycles. The van der Waals surface area contributed by atoms with Crippen LogP contribution in [0.15, 0.2) is 41.6 Å². The van der Waals surface area contributed by atoms with Crippen molar-refractivity contribution in [3.05, 3.63) is 47.2 Å². The van der Waals surface area contributed by atoms with Gasteiger partial charge in [0.1, 0.15) is 17.7 Å². The Balaban J connectivity index is 1.89. The van der Waals surface area contributed by atoms with Gasteiger partial charge in [0.15, 0.2) is 0 Å². The third-order valence-electron chi connectivity index (χ3n) is 4.92. The van der Waals surface area contributed by atoms with Gasteiger partial charge in [-0.3, -0.25) is 24.6 Å². The van der Waals surface area contributed by atoms with E-state index in [-0.39, 0.29) is 36.7 Å². The monoisotopic (exact) mass is 477 g/mol. The first-order valence-corrected chi connectivity index (χ1v) is 11.1. The highest BCUT2D eigenvalue weighted by Gasteiger charge is 2.67. The van der Waals surface area contributed by atoms with Crippen molar-refractivity contribution in [2.45, 2.75) is 31.3 Å². The number of ether oxygens (including phenoxy) is 2. The van der Waals surface area contributed by atoms with E-state index in [1.54, 1.807) is 37.3 Å². The van der Waals surface area contributed by atoms with Gasteiger partial charge in [0.25, 0.3) is 5.91 Å². The van der Waals surface area contributed by atoms with Crippen LogP contribution < -0.4 is 10.6 Å². The Hall–Kier alpha value is -3.54. The van der Waals surface area contributed by atoms with E-state index in [0.29, 0.717) is 5.56 Å². The van der Waals surface area contributed by atoms with Crippen molar-refractivity contribution in [2.75, 3.05) is 19.0 Å². The van der Waals surface area contributed by atoms with Gasteiger partial charge in [-0.2, -0.15) is 0 Å². The molecule has 11 nitrogen and oxygen atoms in total. The summed E-state index contributed by atoms with van der Waals surface area (Å²) in [5, 5.41) is 13.8. The maximum atomic E-state index is 13.3. The minimum atomic E-state index is -1.89. The first-order chi connectivity index (χ1) is 15.7. The molecule has 0 saturated carbocycles. The number of nitrogens with one attached hydrogen (secondary N) is 2. The van der Waals surface area contributed by atoms with Crippen LogP contribution in [0.2, 0.25) is 0 Å². The van der Waals surface area contributed by atoms with Crippen LogP contribution in [-0.4, -0.2) is 69.9 Å². The molecule has 1 aromatic rings. The van der Waals surface area contributed by atoms with E-state index < -0.39 is 40.9 Å². The van der Waals surface area contributed by atoms with Crippen LogP contribution in [0.3, 0.4) is 0 Å². The third-order valence-corrected chi connectivity index (χ3v) is 6.32. The Kier molecular flexibility index (Phi) is 7.26. The molecule has 2 aliphatic rings. The van der Waals surface area contributed by atoms with Crippen LogP contribution in [0, 0.1) is 0 Å². The van der Waals surface area contributed by atoms with Gasteiger partial charge in [-0.1, -0.05) is 30.3 Å². The molecule has 0 bridgehead atoms. The molecule has 0 unspecified atom stereocenters. The second-order valence-corrected chi connectivity index (χ2v) is 8.31. The van der Waals surface area contributed by atoms with Gasteiger partial charge in [0.2, 0.25) is 11.6 Å². The summed E-state index contributed by atoms with van der Waals surface area (Å²) in [5.74, 6) is -3.27. The maximum Gasteiger partial charge on any atom is 0.409 e. The van der Waals surface area contributed by atoms with E-state index in [9.17, 15) is 29.1 Å². The molecule has 176 valence electrons. The Bertz CT molecular complexity index is 1010. The number of benzene rings is 1. The van der Waals surface area contributed by atoms with Crippen molar-refractivity contribution in [3.63, 3.8) is 0 Å². The quantitative estimate of drug-likeness (QED) is 0.278. The Morgan fingerprint density at radius 2 is 1.88 bits per heavy atom. The molecule has 12 heteroatoms. The fourth-order valence-corrected chi connectivity index (χ4v) is 4.95. The predicted octanol–water partition coefficient (Wildman–Crippen LogP) is 0.605. The van der Waals surface area contributed by atoms with Crippen LogP contribution in [0.4, 0.5) is 4.79 Å². The highest BCUT2D eigenvalue weighted by atomic mass is 32.2. The Labute approximate surface area is 193 Å². The van der Waals surface area contributed by atoms with Gasteiger partial charge >= 0.3 is 18.0 Å². The molecule has 0 aliphatic carbocycles. The van der Waals surface area contributed by atoms with Crippen molar-refractivity contribution >= 4 is 41.6 Å². The summed E-state index contributed by atoms with van der Waals surface area (Å²) < 4.78 is 9.81. The predicted molar refractivity (Wildman–Crippen MR) is 116 cm³/mol. The highest BCUT2D eigenvalue weighted by Crippen LogP contribution is 2.45. The van der Waals surface area contributed by atoms with Crippen molar-refractivity contribution in [1.29, 1.82) is 0 Å². The molecular weight excluding hydrogens is 454 g/mol. The summed E-state index contributed by atoms with van der Waals surface area (Å²) in [7, 11) is 0. The fraction of sp³-hybridized carbons (Fsp3) is 0.381. The molecule has 2 aliphatic heterocycles. The number of hydrogen-bond acceptors (Lipinski definition) is 8. The average molecular weight is 477 g/mol. The Morgan fingerprint density at radius 1 is 1.18 bits per heavy atom. The number of β-lactam (4-membered cyclic amide) rings is 1. The molecule has 0 aromatic heterocycles. The van der Waals surface area contributed by atoms with E-state index in [2.05, 4.69) is 10.6 Å². The minimum absolute atomic E-state index is 0.0302. The number of esters is 1. The van der Waals surface area contributed by atoms with E-state index in [0.717, 1.165) is 16.7 Å². The topological polar surface area (TPSA) is 151 Å². The summed E-state index contributed by atoms with van der Waals surface area (Å²) in [6.45, 7) is 2.50. The molecule has 0 spiro atoms. The van der Waals surface area contributed by atoms with Gasteiger partial charge in [-0.05, 0) is 12.5 Å². The van der Waals surface area contributed by atoms with Gasteiger partial charge in [-0.15, -0.1) is 11.8 Å². The first-order valence-electron chi connectivity index (χ1n) is 10.0. The third kappa shape index (κ3) is 4.95. The number of nitrogens with zero attached hydrogens (tertiary/aromatic N) is 1. The second kappa shape index (κ2) is 9.94. The van der Waals surface area contributed by atoms with Crippen LogP contribution in [0.1, 0.15) is 19.4 Å². The lowest BCUT2D eigenvalue weighted by Crippen LogP contribution is -2.86. The number of amides is 3. The van der Waals surface area contributed by atoms with Crippen molar-refractivity contribution in [3.8, 4) is 0 Å². The number of rotatable bonds is 8. The summed E-state index contributed by atoms with van der Waals surface area (Å²) in [6.07, 6.45) is -0.991. The number of alkyl carbamates (subject to hydrolysis) is 1. The minimum Gasteiger partial charge on any atom is -0.477 e. The molecule has 2 heterocycles. The average Bonchev–Trinajstić information content (AvgIpc) is 2.76. The molecule has 33 heavy (non-hydrogen) atoms. The van der Waals surface area contributed by atoms with E-state index >= 15 is 0 Å². The summed E-state index contributed by atoms with van der Waals surface area (Å²) >= 11 is 1.12. The zero-order valence-electron chi connectivity index (χ0n) is 18.0. The smallest absolute Gasteiger partial charge is 0.409 e. The molecular formula is C21H23N3O8S. The number of carboxylic acid groups (broad SMARTS) is 1. The second-order valence-electron chi connectivity index (χ2n) is 7.24. The lowest BCUT2D eigenvalue weighted by Gasteiger charge is -2.56. The van der Waals surface area contributed by atoms with Crippen LogP contribution in [0.5, 0.6) is 0 Å². The SMILES string of the molecule is CCOC(=O)N[C@@]1(NC(=O)Cc2ccccc2)C(=O)N2C(C(=O)O)=C(COC(C)=O)CS[C@@H]21. The molecule has 3 rings (SSSR count). The normalized spacial score (nSPS) is 21.5. The maximum absolute atomic E-state index is 13.3. The lowest BCUT2D eigenvalue weighted by molar-refractivity contribution is -0.161. The lowest BCUT2D eigenvalue weighted by atomic mass is 9.94. The van der Waals surface area contributed by atoms with Gasteiger partial charge < -0.3 is 19.9 Å². The molecule has 1 fully saturated rings. The number of hydrogen-bond donors (Lipinski definition) is 3. The van der Waals surface area contributed by atoms with Gasteiger partial charge in [-0.25, -0.2) is 9.59 Å². The highest BCUT2D eigenvalue weighted by molar-refractivity contribution is 8.00. The van der Waals surface area contributed by atoms with Crippen molar-refractivity contribution < 1.29 is 38.6 Å². The summed E-state index contributed by atoms with van der Waals surface area (Å²) in [6, 6.07) is 8.79. The summed E-state index contributed by atoms with van der Waals surface area (Å²) in [4.78, 5) is 62.3.